The molecule has 1 saturated carbocycles. The average Bonchev–Trinajstić information content (AvgIpc) is 2.86. The van der Waals surface area contributed by atoms with E-state index >= 15 is 0 Å². The first-order valence-corrected chi connectivity index (χ1v) is 6.60. The van der Waals surface area contributed by atoms with Crippen LogP contribution >= 0.6 is 0 Å². The lowest BCUT2D eigenvalue weighted by Gasteiger charge is -2.11. The molecule has 0 radical (unpaired) electrons. The molecule has 0 unspecified atom stereocenters. The van der Waals surface area contributed by atoms with Gasteiger partial charge in [-0.1, -0.05) is 25.7 Å². The lowest BCUT2D eigenvalue weighted by atomic mass is 10.0. The SMILES string of the molecule is Nc1cc(F)cc(C(=O)NCCC2CCCC2)c1F. The number of benzene rings is 1. The number of nitrogens with two attached hydrogens (primary N) is 1. The van der Waals surface area contributed by atoms with Gasteiger partial charge in [-0.05, 0) is 24.5 Å². The molecule has 0 atom stereocenters. The summed E-state index contributed by atoms with van der Waals surface area (Å²) in [6, 6.07) is 1.74. The number of amides is 1. The molecular weight excluding hydrogens is 250 g/mol. The first kappa shape index (κ1) is 13.8. The minimum atomic E-state index is -0.861. The first-order chi connectivity index (χ1) is 9.08. The Labute approximate surface area is 111 Å². The van der Waals surface area contributed by atoms with Crippen molar-refractivity contribution in [3.8, 4) is 0 Å². The van der Waals surface area contributed by atoms with Crippen LogP contribution < -0.4 is 11.1 Å². The number of nitrogens with one attached hydrogen (secondary N) is 1. The first-order valence-electron chi connectivity index (χ1n) is 6.60. The summed E-state index contributed by atoms with van der Waals surface area (Å²) >= 11 is 0. The second-order valence-electron chi connectivity index (χ2n) is 5.05. The number of carbonyl (C=O) groups excluding carboxylic acids is 1. The fourth-order valence-electron chi connectivity index (χ4n) is 2.56. The minimum absolute atomic E-state index is 0.330. The molecule has 1 aromatic rings. The summed E-state index contributed by atoms with van der Waals surface area (Å²) in [4.78, 5) is 11.8. The molecule has 1 aliphatic rings. The van der Waals surface area contributed by atoms with Crippen molar-refractivity contribution < 1.29 is 13.6 Å². The molecule has 0 saturated heterocycles. The summed E-state index contributed by atoms with van der Waals surface area (Å²) in [5.41, 5.74) is 4.62. The maximum Gasteiger partial charge on any atom is 0.254 e. The van der Waals surface area contributed by atoms with E-state index in [0.717, 1.165) is 18.6 Å². The van der Waals surface area contributed by atoms with E-state index in [4.69, 9.17) is 5.73 Å². The second kappa shape index (κ2) is 5.99. The highest BCUT2D eigenvalue weighted by Crippen LogP contribution is 2.27. The lowest BCUT2D eigenvalue weighted by molar-refractivity contribution is 0.0947. The lowest BCUT2D eigenvalue weighted by Crippen LogP contribution is -2.27. The molecule has 1 fully saturated rings. The van der Waals surface area contributed by atoms with E-state index in [1.807, 2.05) is 0 Å². The summed E-state index contributed by atoms with van der Waals surface area (Å²) in [7, 11) is 0. The Morgan fingerprint density at radius 1 is 1.32 bits per heavy atom. The summed E-state index contributed by atoms with van der Waals surface area (Å²) in [6.45, 7) is 0.485. The van der Waals surface area contributed by atoms with E-state index < -0.39 is 17.5 Å². The topological polar surface area (TPSA) is 55.1 Å². The van der Waals surface area contributed by atoms with Crippen LogP contribution in [0, 0.1) is 17.6 Å². The van der Waals surface area contributed by atoms with Crippen molar-refractivity contribution >= 4 is 11.6 Å². The van der Waals surface area contributed by atoms with Crippen molar-refractivity contribution in [3.63, 3.8) is 0 Å². The van der Waals surface area contributed by atoms with Gasteiger partial charge in [0.05, 0.1) is 11.3 Å². The van der Waals surface area contributed by atoms with Crippen LogP contribution in [0.2, 0.25) is 0 Å². The highest BCUT2D eigenvalue weighted by atomic mass is 19.1. The van der Waals surface area contributed by atoms with Crippen molar-refractivity contribution in [3.05, 3.63) is 29.3 Å². The number of nitrogen functional groups attached to an aromatic ring is 1. The molecule has 19 heavy (non-hydrogen) atoms. The smallest absolute Gasteiger partial charge is 0.254 e. The van der Waals surface area contributed by atoms with Gasteiger partial charge in [-0.2, -0.15) is 0 Å². The molecule has 104 valence electrons. The molecule has 0 aromatic heterocycles. The largest absolute Gasteiger partial charge is 0.396 e. The fraction of sp³-hybridized carbons (Fsp3) is 0.500. The maximum atomic E-state index is 13.6. The van der Waals surface area contributed by atoms with Gasteiger partial charge in [0.15, 0.2) is 5.82 Å². The minimum Gasteiger partial charge on any atom is -0.396 e. The Kier molecular flexibility index (Phi) is 4.35. The molecule has 5 heteroatoms. The van der Waals surface area contributed by atoms with E-state index in [0.29, 0.717) is 12.5 Å². The highest BCUT2D eigenvalue weighted by molar-refractivity contribution is 5.95. The molecule has 3 N–H and O–H groups in total. The number of rotatable bonds is 4. The molecule has 0 aliphatic heterocycles. The van der Waals surface area contributed by atoms with Crippen LogP contribution in [0.3, 0.4) is 0 Å². The second-order valence-corrected chi connectivity index (χ2v) is 5.05. The number of carbonyl (C=O) groups is 1. The third kappa shape index (κ3) is 3.43. The van der Waals surface area contributed by atoms with E-state index in [-0.39, 0.29) is 11.3 Å². The fourth-order valence-corrected chi connectivity index (χ4v) is 2.56. The number of anilines is 1. The van der Waals surface area contributed by atoms with Crippen molar-refractivity contribution in [1.82, 2.24) is 5.32 Å². The van der Waals surface area contributed by atoms with E-state index in [9.17, 15) is 13.6 Å². The molecule has 3 nitrogen and oxygen atoms in total. The van der Waals surface area contributed by atoms with Crippen LogP contribution in [0.15, 0.2) is 12.1 Å². The third-order valence-corrected chi connectivity index (χ3v) is 3.62. The van der Waals surface area contributed by atoms with Crippen molar-refractivity contribution in [2.75, 3.05) is 12.3 Å². The number of hydrogen-bond acceptors (Lipinski definition) is 2. The standard InChI is InChI=1S/C14H18F2N2O/c15-10-7-11(13(16)12(17)8-10)14(19)18-6-5-9-3-1-2-4-9/h7-9H,1-6,17H2,(H,18,19). The number of halogens is 2. The Morgan fingerprint density at radius 3 is 2.68 bits per heavy atom. The Morgan fingerprint density at radius 2 is 2.00 bits per heavy atom. The van der Waals surface area contributed by atoms with Gasteiger partial charge in [-0.25, -0.2) is 8.78 Å². The third-order valence-electron chi connectivity index (χ3n) is 3.62. The van der Waals surface area contributed by atoms with Gasteiger partial charge < -0.3 is 11.1 Å². The van der Waals surface area contributed by atoms with Crippen molar-refractivity contribution in [2.45, 2.75) is 32.1 Å². The average molecular weight is 268 g/mol. The summed E-state index contributed by atoms with van der Waals surface area (Å²) in [5.74, 6) is -1.54. The molecule has 0 bridgehead atoms. The zero-order chi connectivity index (χ0) is 13.8. The predicted molar refractivity (Wildman–Crippen MR) is 69.7 cm³/mol. The Hall–Kier alpha value is -1.65. The van der Waals surface area contributed by atoms with Gasteiger partial charge in [0, 0.05) is 6.54 Å². The molecule has 1 amide bonds. The van der Waals surface area contributed by atoms with E-state index in [1.165, 1.54) is 25.7 Å². The molecule has 2 rings (SSSR count). The van der Waals surface area contributed by atoms with E-state index in [1.54, 1.807) is 0 Å². The zero-order valence-electron chi connectivity index (χ0n) is 10.7. The molecule has 1 aromatic carbocycles. The van der Waals surface area contributed by atoms with Gasteiger partial charge in [0.25, 0.3) is 5.91 Å². The van der Waals surface area contributed by atoms with Crippen molar-refractivity contribution in [1.29, 1.82) is 0 Å². The van der Waals surface area contributed by atoms with Crippen molar-refractivity contribution in [2.24, 2.45) is 5.92 Å². The summed E-state index contributed by atoms with van der Waals surface area (Å²) in [5, 5.41) is 2.62. The molecule has 0 spiro atoms. The quantitative estimate of drug-likeness (QED) is 0.825. The highest BCUT2D eigenvalue weighted by Gasteiger charge is 2.18. The summed E-state index contributed by atoms with van der Waals surface area (Å²) < 4.78 is 26.7. The normalized spacial score (nSPS) is 15.7. The van der Waals surface area contributed by atoms with Crippen LogP contribution in [0.4, 0.5) is 14.5 Å². The zero-order valence-corrected chi connectivity index (χ0v) is 10.7. The molecular formula is C14H18F2N2O. The van der Waals surface area contributed by atoms with Crippen LogP contribution in [-0.2, 0) is 0 Å². The Bertz CT molecular complexity index is 471. The monoisotopic (exact) mass is 268 g/mol. The van der Waals surface area contributed by atoms with Gasteiger partial charge in [-0.3, -0.25) is 4.79 Å². The van der Waals surface area contributed by atoms with Gasteiger partial charge in [0.1, 0.15) is 5.82 Å². The maximum absolute atomic E-state index is 13.6. The van der Waals surface area contributed by atoms with Crippen LogP contribution in [0.25, 0.3) is 0 Å². The molecule has 0 heterocycles. The number of hydrogen-bond donors (Lipinski definition) is 2. The van der Waals surface area contributed by atoms with Crippen LogP contribution in [0.1, 0.15) is 42.5 Å². The predicted octanol–water partition coefficient (Wildman–Crippen LogP) is 2.86. The molecule has 1 aliphatic carbocycles. The van der Waals surface area contributed by atoms with E-state index in [2.05, 4.69) is 5.32 Å². The summed E-state index contributed by atoms with van der Waals surface area (Å²) in [6.07, 6.45) is 5.76. The Balaban J connectivity index is 1.92. The van der Waals surface area contributed by atoms with Crippen LogP contribution in [-0.4, -0.2) is 12.5 Å². The van der Waals surface area contributed by atoms with Gasteiger partial charge in [-0.15, -0.1) is 0 Å². The van der Waals surface area contributed by atoms with Crippen LogP contribution in [0.5, 0.6) is 0 Å². The van der Waals surface area contributed by atoms with Gasteiger partial charge in [0.2, 0.25) is 0 Å². The van der Waals surface area contributed by atoms with Gasteiger partial charge >= 0.3 is 0 Å².